The first-order chi connectivity index (χ1) is 5.76. The van der Waals surface area contributed by atoms with Crippen molar-refractivity contribution in [2.24, 2.45) is 7.05 Å². The molecule has 0 aliphatic rings. The summed E-state index contributed by atoms with van der Waals surface area (Å²) in [6.07, 6.45) is 4.32. The molecule has 0 bridgehead atoms. The molecule has 0 fully saturated rings. The van der Waals surface area contributed by atoms with Gasteiger partial charge in [0.25, 0.3) is 0 Å². The van der Waals surface area contributed by atoms with Crippen LogP contribution >= 0.6 is 0 Å². The van der Waals surface area contributed by atoms with Crippen LogP contribution in [-0.4, -0.2) is 30.3 Å². The van der Waals surface area contributed by atoms with Crippen LogP contribution in [0.1, 0.15) is 5.56 Å². The number of hydrogen-bond acceptors (Lipinski definition) is 3. The summed E-state index contributed by atoms with van der Waals surface area (Å²) in [5, 5.41) is 4.04. The summed E-state index contributed by atoms with van der Waals surface area (Å²) in [6.45, 7) is 0. The molecule has 12 heavy (non-hydrogen) atoms. The molecular formula is C8H14N2O2. The van der Waals surface area contributed by atoms with Crippen LogP contribution in [0.25, 0.3) is 0 Å². The van der Waals surface area contributed by atoms with E-state index in [1.807, 2.05) is 19.4 Å². The lowest BCUT2D eigenvalue weighted by Gasteiger charge is -2.11. The molecule has 0 radical (unpaired) electrons. The fraction of sp³-hybridized carbons (Fsp3) is 0.625. The number of nitrogens with zero attached hydrogens (tertiary/aromatic N) is 2. The number of aryl methyl sites for hydroxylation is 1. The van der Waals surface area contributed by atoms with E-state index in [9.17, 15) is 0 Å². The van der Waals surface area contributed by atoms with Crippen LogP contribution in [0.15, 0.2) is 12.4 Å². The van der Waals surface area contributed by atoms with Crippen molar-refractivity contribution in [1.29, 1.82) is 0 Å². The van der Waals surface area contributed by atoms with Gasteiger partial charge in [-0.05, 0) is 5.56 Å². The third kappa shape index (κ3) is 2.32. The molecule has 1 aromatic heterocycles. The molecule has 0 aliphatic heterocycles. The van der Waals surface area contributed by atoms with Crippen molar-refractivity contribution in [1.82, 2.24) is 9.78 Å². The summed E-state index contributed by atoms with van der Waals surface area (Å²) in [4.78, 5) is 0. The molecule has 68 valence electrons. The van der Waals surface area contributed by atoms with Gasteiger partial charge >= 0.3 is 0 Å². The van der Waals surface area contributed by atoms with Crippen LogP contribution < -0.4 is 0 Å². The van der Waals surface area contributed by atoms with Crippen LogP contribution in [-0.2, 0) is 22.9 Å². The van der Waals surface area contributed by atoms with Crippen molar-refractivity contribution in [3.05, 3.63) is 18.0 Å². The Bertz CT molecular complexity index is 231. The summed E-state index contributed by atoms with van der Waals surface area (Å²) < 4.78 is 11.9. The first-order valence-electron chi connectivity index (χ1n) is 3.79. The molecule has 0 saturated heterocycles. The second-order valence-electron chi connectivity index (χ2n) is 2.63. The Morgan fingerprint density at radius 1 is 1.50 bits per heavy atom. The van der Waals surface area contributed by atoms with Crippen molar-refractivity contribution in [3.8, 4) is 0 Å². The molecule has 0 unspecified atom stereocenters. The molecule has 1 aromatic rings. The summed E-state index contributed by atoms with van der Waals surface area (Å²) >= 11 is 0. The van der Waals surface area contributed by atoms with Gasteiger partial charge in [0.2, 0.25) is 0 Å². The number of rotatable bonds is 4. The number of aromatic nitrogens is 2. The third-order valence-corrected chi connectivity index (χ3v) is 1.69. The van der Waals surface area contributed by atoms with Crippen molar-refractivity contribution in [3.63, 3.8) is 0 Å². The van der Waals surface area contributed by atoms with Crippen LogP contribution in [0.4, 0.5) is 0 Å². The minimum absolute atomic E-state index is 0.172. The van der Waals surface area contributed by atoms with Crippen LogP contribution in [0.2, 0.25) is 0 Å². The molecular weight excluding hydrogens is 156 g/mol. The Labute approximate surface area is 72.1 Å². The van der Waals surface area contributed by atoms with E-state index in [1.165, 1.54) is 0 Å². The van der Waals surface area contributed by atoms with E-state index in [4.69, 9.17) is 9.47 Å². The van der Waals surface area contributed by atoms with E-state index >= 15 is 0 Å². The maximum Gasteiger partial charge on any atom is 0.160 e. The average Bonchev–Trinajstić information content (AvgIpc) is 2.47. The Hall–Kier alpha value is -0.870. The molecule has 1 heterocycles. The topological polar surface area (TPSA) is 36.3 Å². The van der Waals surface area contributed by atoms with Crippen LogP contribution in [0.5, 0.6) is 0 Å². The second-order valence-corrected chi connectivity index (χ2v) is 2.63. The SMILES string of the molecule is COC(Cc1cnn(C)c1)OC. The van der Waals surface area contributed by atoms with Crippen LogP contribution in [0, 0.1) is 0 Å². The molecule has 0 N–H and O–H groups in total. The fourth-order valence-electron chi connectivity index (χ4n) is 1.03. The molecule has 0 aliphatic carbocycles. The number of ether oxygens (including phenoxy) is 2. The first-order valence-corrected chi connectivity index (χ1v) is 3.79. The van der Waals surface area contributed by atoms with Gasteiger partial charge in [-0.25, -0.2) is 0 Å². The largest absolute Gasteiger partial charge is 0.356 e. The van der Waals surface area contributed by atoms with Gasteiger partial charge in [-0.1, -0.05) is 0 Å². The monoisotopic (exact) mass is 170 g/mol. The summed E-state index contributed by atoms with van der Waals surface area (Å²) in [5.41, 5.74) is 1.12. The van der Waals surface area contributed by atoms with Gasteiger partial charge in [0.1, 0.15) is 0 Å². The Balaban J connectivity index is 2.50. The quantitative estimate of drug-likeness (QED) is 0.620. The molecule has 0 atom stereocenters. The van der Waals surface area contributed by atoms with Gasteiger partial charge in [-0.3, -0.25) is 4.68 Å². The summed E-state index contributed by atoms with van der Waals surface area (Å²) in [5.74, 6) is 0. The highest BCUT2D eigenvalue weighted by Gasteiger charge is 2.07. The van der Waals surface area contributed by atoms with E-state index in [0.29, 0.717) is 0 Å². The van der Waals surface area contributed by atoms with Crippen molar-refractivity contribution in [2.45, 2.75) is 12.7 Å². The van der Waals surface area contributed by atoms with Gasteiger partial charge in [-0.15, -0.1) is 0 Å². The van der Waals surface area contributed by atoms with Crippen molar-refractivity contribution >= 4 is 0 Å². The fourth-order valence-corrected chi connectivity index (χ4v) is 1.03. The van der Waals surface area contributed by atoms with Gasteiger partial charge in [0.15, 0.2) is 6.29 Å². The molecule has 1 rings (SSSR count). The highest BCUT2D eigenvalue weighted by Crippen LogP contribution is 2.04. The third-order valence-electron chi connectivity index (χ3n) is 1.69. The molecule has 0 amide bonds. The van der Waals surface area contributed by atoms with E-state index in [0.717, 1.165) is 12.0 Å². The smallest absolute Gasteiger partial charge is 0.160 e. The minimum atomic E-state index is -0.172. The van der Waals surface area contributed by atoms with E-state index in [1.54, 1.807) is 18.9 Å². The lowest BCUT2D eigenvalue weighted by atomic mass is 10.2. The zero-order valence-electron chi connectivity index (χ0n) is 7.65. The Morgan fingerprint density at radius 3 is 2.58 bits per heavy atom. The molecule has 4 heteroatoms. The zero-order chi connectivity index (χ0) is 8.97. The minimum Gasteiger partial charge on any atom is -0.356 e. The Kier molecular flexibility index (Phi) is 3.25. The predicted octanol–water partition coefficient (Wildman–Crippen LogP) is 0.581. The van der Waals surface area contributed by atoms with Crippen LogP contribution in [0.3, 0.4) is 0 Å². The maximum absolute atomic E-state index is 5.05. The maximum atomic E-state index is 5.05. The highest BCUT2D eigenvalue weighted by molar-refractivity contribution is 5.04. The molecule has 0 saturated carbocycles. The van der Waals surface area contributed by atoms with Gasteiger partial charge in [0.05, 0.1) is 6.20 Å². The van der Waals surface area contributed by atoms with Crippen molar-refractivity contribution < 1.29 is 9.47 Å². The number of methoxy groups -OCH3 is 2. The van der Waals surface area contributed by atoms with E-state index in [-0.39, 0.29) is 6.29 Å². The van der Waals surface area contributed by atoms with Gasteiger partial charge in [-0.2, -0.15) is 5.10 Å². The lowest BCUT2D eigenvalue weighted by molar-refractivity contribution is -0.100. The first kappa shape index (κ1) is 9.22. The van der Waals surface area contributed by atoms with Gasteiger partial charge < -0.3 is 9.47 Å². The molecule has 4 nitrogen and oxygen atoms in total. The second kappa shape index (κ2) is 4.23. The standard InChI is InChI=1S/C8H14N2O2/c1-10-6-7(5-9-10)4-8(11-2)12-3/h5-6,8H,4H2,1-3H3. The Morgan fingerprint density at radius 2 is 2.17 bits per heavy atom. The lowest BCUT2D eigenvalue weighted by Crippen LogP contribution is -2.15. The van der Waals surface area contributed by atoms with Crippen molar-refractivity contribution in [2.75, 3.05) is 14.2 Å². The molecule has 0 spiro atoms. The average molecular weight is 170 g/mol. The van der Waals surface area contributed by atoms with E-state index < -0.39 is 0 Å². The zero-order valence-corrected chi connectivity index (χ0v) is 7.65. The predicted molar refractivity (Wildman–Crippen MR) is 44.7 cm³/mol. The van der Waals surface area contributed by atoms with E-state index in [2.05, 4.69) is 5.10 Å². The molecule has 0 aromatic carbocycles. The summed E-state index contributed by atoms with van der Waals surface area (Å²) in [6, 6.07) is 0. The highest BCUT2D eigenvalue weighted by atomic mass is 16.7. The van der Waals surface area contributed by atoms with Gasteiger partial charge in [0, 0.05) is 33.9 Å². The normalized spacial score (nSPS) is 11.0. The number of hydrogen-bond donors (Lipinski definition) is 0. The summed E-state index contributed by atoms with van der Waals surface area (Å²) in [7, 11) is 5.15.